The van der Waals surface area contributed by atoms with Crippen LogP contribution in [0, 0.1) is 11.6 Å². The Morgan fingerprint density at radius 3 is 2.57 bits per heavy atom. The highest BCUT2D eigenvalue weighted by Crippen LogP contribution is 2.23. The first-order valence-electron chi connectivity index (χ1n) is 7.12. The second-order valence-corrected chi connectivity index (χ2v) is 5.34. The standard InChI is InChI=1S/C15H14F2N4/c16-10-4-5-11-14(13(10)17)21-9-6-12(19-15(21)18-11)20-7-2-1-3-8-20/h4-6,9H,1-3,7-8H2. The Morgan fingerprint density at radius 1 is 0.952 bits per heavy atom. The average molecular weight is 288 g/mol. The quantitative estimate of drug-likeness (QED) is 0.689. The lowest BCUT2D eigenvalue weighted by atomic mass is 10.1. The number of hydrogen-bond donors (Lipinski definition) is 0. The van der Waals surface area contributed by atoms with E-state index in [2.05, 4.69) is 14.9 Å². The SMILES string of the molecule is Fc1ccc2nc3nc(N4CCCCC4)ccn3c2c1F. The summed E-state index contributed by atoms with van der Waals surface area (Å²) in [5.74, 6) is -0.507. The Balaban J connectivity index is 1.88. The first-order chi connectivity index (χ1) is 10.2. The van der Waals surface area contributed by atoms with Gasteiger partial charge in [0, 0.05) is 19.3 Å². The number of nitrogens with zero attached hydrogens (tertiary/aromatic N) is 4. The molecule has 0 amide bonds. The van der Waals surface area contributed by atoms with Crippen LogP contribution >= 0.6 is 0 Å². The van der Waals surface area contributed by atoms with Crippen molar-refractivity contribution >= 4 is 22.6 Å². The molecule has 0 aliphatic carbocycles. The van der Waals surface area contributed by atoms with Gasteiger partial charge < -0.3 is 4.90 Å². The summed E-state index contributed by atoms with van der Waals surface area (Å²) < 4.78 is 28.8. The van der Waals surface area contributed by atoms with E-state index in [0.29, 0.717) is 11.3 Å². The van der Waals surface area contributed by atoms with Crippen LogP contribution in [0.2, 0.25) is 0 Å². The van der Waals surface area contributed by atoms with E-state index in [9.17, 15) is 8.78 Å². The van der Waals surface area contributed by atoms with Gasteiger partial charge in [-0.05, 0) is 37.5 Å². The van der Waals surface area contributed by atoms with E-state index in [-0.39, 0.29) is 5.52 Å². The summed E-state index contributed by atoms with van der Waals surface area (Å²) in [4.78, 5) is 11.0. The van der Waals surface area contributed by atoms with Crippen molar-refractivity contribution in [1.82, 2.24) is 14.4 Å². The number of halogens is 2. The molecule has 0 bridgehead atoms. The molecule has 3 aromatic rings. The molecular weight excluding hydrogens is 274 g/mol. The van der Waals surface area contributed by atoms with Gasteiger partial charge in [-0.25, -0.2) is 13.8 Å². The van der Waals surface area contributed by atoms with Crippen LogP contribution < -0.4 is 4.90 Å². The van der Waals surface area contributed by atoms with Gasteiger partial charge in [-0.3, -0.25) is 4.40 Å². The average Bonchev–Trinajstić information content (AvgIpc) is 2.90. The molecular formula is C15H14F2N4. The van der Waals surface area contributed by atoms with Crippen molar-refractivity contribution in [2.75, 3.05) is 18.0 Å². The van der Waals surface area contributed by atoms with E-state index >= 15 is 0 Å². The van der Waals surface area contributed by atoms with E-state index < -0.39 is 11.6 Å². The van der Waals surface area contributed by atoms with Crippen LogP contribution in [0.1, 0.15) is 19.3 Å². The summed E-state index contributed by atoms with van der Waals surface area (Å²) in [6.45, 7) is 1.96. The summed E-state index contributed by atoms with van der Waals surface area (Å²) in [6.07, 6.45) is 5.27. The van der Waals surface area contributed by atoms with Crippen molar-refractivity contribution in [2.45, 2.75) is 19.3 Å². The number of fused-ring (bicyclic) bond motifs is 3. The normalized spacial score (nSPS) is 16.0. The van der Waals surface area contributed by atoms with Gasteiger partial charge in [-0.2, -0.15) is 4.98 Å². The Morgan fingerprint density at radius 2 is 1.76 bits per heavy atom. The van der Waals surface area contributed by atoms with Gasteiger partial charge >= 0.3 is 0 Å². The molecule has 21 heavy (non-hydrogen) atoms. The molecule has 0 N–H and O–H groups in total. The lowest BCUT2D eigenvalue weighted by Gasteiger charge is -2.27. The highest BCUT2D eigenvalue weighted by atomic mass is 19.2. The van der Waals surface area contributed by atoms with Gasteiger partial charge in [0.05, 0.1) is 5.52 Å². The third kappa shape index (κ3) is 1.93. The maximum Gasteiger partial charge on any atom is 0.236 e. The number of piperidine rings is 1. The third-order valence-corrected chi connectivity index (χ3v) is 3.99. The highest BCUT2D eigenvalue weighted by Gasteiger charge is 2.17. The van der Waals surface area contributed by atoms with Crippen LogP contribution in [0.5, 0.6) is 0 Å². The number of aromatic nitrogens is 3. The molecule has 0 radical (unpaired) electrons. The maximum atomic E-state index is 13.9. The number of anilines is 1. The van der Waals surface area contributed by atoms with Gasteiger partial charge in [-0.15, -0.1) is 0 Å². The molecule has 1 saturated heterocycles. The molecule has 3 heterocycles. The Bertz CT molecular complexity index is 821. The van der Waals surface area contributed by atoms with E-state index in [1.54, 1.807) is 6.20 Å². The fraction of sp³-hybridized carbons (Fsp3) is 0.333. The highest BCUT2D eigenvalue weighted by molar-refractivity contribution is 5.80. The summed E-state index contributed by atoms with van der Waals surface area (Å²) in [5.41, 5.74) is 0.555. The van der Waals surface area contributed by atoms with Crippen molar-refractivity contribution in [1.29, 1.82) is 0 Å². The molecule has 108 valence electrons. The minimum Gasteiger partial charge on any atom is -0.356 e. The minimum absolute atomic E-state index is 0.141. The van der Waals surface area contributed by atoms with E-state index in [4.69, 9.17) is 0 Å². The summed E-state index contributed by atoms with van der Waals surface area (Å²) in [6, 6.07) is 4.41. The van der Waals surface area contributed by atoms with Crippen molar-refractivity contribution in [3.05, 3.63) is 36.0 Å². The molecule has 2 aromatic heterocycles. The molecule has 1 fully saturated rings. The van der Waals surface area contributed by atoms with Gasteiger partial charge in [0.25, 0.3) is 0 Å². The Kier molecular flexibility index (Phi) is 2.77. The van der Waals surface area contributed by atoms with E-state index in [1.807, 2.05) is 6.07 Å². The lowest BCUT2D eigenvalue weighted by Crippen LogP contribution is -2.30. The molecule has 1 aliphatic heterocycles. The van der Waals surface area contributed by atoms with Crippen molar-refractivity contribution < 1.29 is 8.78 Å². The first kappa shape index (κ1) is 12.5. The summed E-state index contributed by atoms with van der Waals surface area (Å²) >= 11 is 0. The zero-order valence-electron chi connectivity index (χ0n) is 11.4. The fourth-order valence-corrected chi connectivity index (χ4v) is 2.91. The Labute approximate surface area is 120 Å². The number of rotatable bonds is 1. The molecule has 1 aromatic carbocycles. The zero-order valence-corrected chi connectivity index (χ0v) is 11.4. The fourth-order valence-electron chi connectivity index (χ4n) is 2.91. The molecule has 0 unspecified atom stereocenters. The van der Waals surface area contributed by atoms with Crippen LogP contribution in [0.3, 0.4) is 0 Å². The number of benzene rings is 1. The first-order valence-corrected chi connectivity index (χ1v) is 7.12. The monoisotopic (exact) mass is 288 g/mol. The minimum atomic E-state index is -0.882. The van der Waals surface area contributed by atoms with Gasteiger partial charge in [0.2, 0.25) is 5.78 Å². The summed E-state index contributed by atoms with van der Waals surface area (Å²) in [5, 5.41) is 0. The molecule has 4 nitrogen and oxygen atoms in total. The predicted octanol–water partition coefficient (Wildman–Crippen LogP) is 3.15. The topological polar surface area (TPSA) is 33.4 Å². The summed E-state index contributed by atoms with van der Waals surface area (Å²) in [7, 11) is 0. The third-order valence-electron chi connectivity index (χ3n) is 3.99. The molecule has 0 atom stereocenters. The van der Waals surface area contributed by atoms with Crippen LogP contribution in [-0.2, 0) is 0 Å². The predicted molar refractivity (Wildman–Crippen MR) is 76.5 cm³/mol. The molecule has 6 heteroatoms. The van der Waals surface area contributed by atoms with E-state index in [1.165, 1.54) is 16.9 Å². The van der Waals surface area contributed by atoms with Gasteiger partial charge in [-0.1, -0.05) is 0 Å². The zero-order chi connectivity index (χ0) is 14.4. The number of imidazole rings is 1. The largest absolute Gasteiger partial charge is 0.356 e. The van der Waals surface area contributed by atoms with E-state index in [0.717, 1.165) is 37.8 Å². The van der Waals surface area contributed by atoms with Gasteiger partial charge in [0.1, 0.15) is 11.3 Å². The Hall–Kier alpha value is -2.24. The van der Waals surface area contributed by atoms with Crippen LogP contribution in [-0.4, -0.2) is 27.5 Å². The van der Waals surface area contributed by atoms with Crippen molar-refractivity contribution in [2.24, 2.45) is 0 Å². The smallest absolute Gasteiger partial charge is 0.236 e. The second kappa shape index (κ2) is 4.65. The van der Waals surface area contributed by atoms with Gasteiger partial charge in [0.15, 0.2) is 11.6 Å². The number of hydrogen-bond acceptors (Lipinski definition) is 3. The van der Waals surface area contributed by atoms with Crippen LogP contribution in [0.15, 0.2) is 24.4 Å². The molecule has 0 saturated carbocycles. The van der Waals surface area contributed by atoms with Crippen molar-refractivity contribution in [3.8, 4) is 0 Å². The van der Waals surface area contributed by atoms with Crippen LogP contribution in [0.4, 0.5) is 14.6 Å². The lowest BCUT2D eigenvalue weighted by molar-refractivity contribution is 0.515. The molecule has 1 aliphatic rings. The molecule has 0 spiro atoms. The maximum absolute atomic E-state index is 13.9. The van der Waals surface area contributed by atoms with Crippen LogP contribution in [0.25, 0.3) is 16.8 Å². The second-order valence-electron chi connectivity index (χ2n) is 5.34. The molecule has 4 rings (SSSR count). The van der Waals surface area contributed by atoms with Crippen molar-refractivity contribution in [3.63, 3.8) is 0 Å².